The van der Waals surface area contributed by atoms with Crippen LogP contribution >= 0.6 is 0 Å². The van der Waals surface area contributed by atoms with Gasteiger partial charge in [-0.1, -0.05) is 0 Å². The summed E-state index contributed by atoms with van der Waals surface area (Å²) in [6.07, 6.45) is 0.992. The molecule has 0 atom stereocenters. The lowest BCUT2D eigenvalue weighted by Gasteiger charge is -2.09. The molecule has 0 saturated carbocycles. The molecule has 4 nitrogen and oxygen atoms in total. The second-order valence-corrected chi connectivity index (χ2v) is 4.15. The molecule has 1 aromatic rings. The first-order valence-electron chi connectivity index (χ1n) is 5.57. The number of aryl methyl sites for hydroxylation is 1. The number of nitrogens with one attached hydrogen (secondary N) is 1. The molecule has 3 N–H and O–H groups in total. The van der Waals surface area contributed by atoms with E-state index in [1.165, 1.54) is 5.69 Å². The van der Waals surface area contributed by atoms with E-state index in [-0.39, 0.29) is 0 Å². The zero-order valence-corrected chi connectivity index (χ0v) is 10.2. The monoisotopic (exact) mass is 210 g/mol. The van der Waals surface area contributed by atoms with Crippen molar-refractivity contribution in [3.63, 3.8) is 0 Å². The quantitative estimate of drug-likeness (QED) is 0.729. The first-order valence-corrected chi connectivity index (χ1v) is 5.57. The van der Waals surface area contributed by atoms with Gasteiger partial charge in [-0.15, -0.1) is 0 Å². The Morgan fingerprint density at radius 3 is 2.53 bits per heavy atom. The normalized spacial score (nSPS) is 11.1. The Balaban J connectivity index is 2.79. The molecular weight excluding hydrogens is 188 g/mol. The van der Waals surface area contributed by atoms with Gasteiger partial charge in [0.25, 0.3) is 0 Å². The van der Waals surface area contributed by atoms with Crippen LogP contribution in [0.4, 0.5) is 5.69 Å². The smallest absolute Gasteiger partial charge is 0.0828 e. The van der Waals surface area contributed by atoms with E-state index < -0.39 is 0 Å². The average molecular weight is 210 g/mol. The molecule has 86 valence electrons. The third-order valence-corrected chi connectivity index (χ3v) is 2.50. The molecule has 0 amide bonds. The number of anilines is 1. The lowest BCUT2D eigenvalue weighted by Crippen LogP contribution is -2.10. The van der Waals surface area contributed by atoms with E-state index in [9.17, 15) is 0 Å². The summed E-state index contributed by atoms with van der Waals surface area (Å²) in [5, 5.41) is 7.91. The van der Waals surface area contributed by atoms with Crippen LogP contribution in [0, 0.1) is 13.8 Å². The fourth-order valence-electron chi connectivity index (χ4n) is 1.74. The zero-order valence-electron chi connectivity index (χ0n) is 10.2. The molecule has 0 aliphatic heterocycles. The van der Waals surface area contributed by atoms with E-state index in [0.717, 1.165) is 30.9 Å². The van der Waals surface area contributed by atoms with E-state index in [0.29, 0.717) is 6.04 Å². The van der Waals surface area contributed by atoms with Crippen LogP contribution in [0.1, 0.15) is 37.7 Å². The van der Waals surface area contributed by atoms with Gasteiger partial charge in [0.15, 0.2) is 0 Å². The van der Waals surface area contributed by atoms with E-state index in [2.05, 4.69) is 35.9 Å². The standard InChI is InChI=1S/C11H22N4/c1-8(2)15-10(4)11(9(3)14-15)13-7-5-6-12/h8,13H,5-7,12H2,1-4H3. The van der Waals surface area contributed by atoms with Gasteiger partial charge >= 0.3 is 0 Å². The lowest BCUT2D eigenvalue weighted by atomic mass is 10.3. The molecule has 0 radical (unpaired) electrons. The molecule has 0 aliphatic rings. The number of nitrogens with zero attached hydrogens (tertiary/aromatic N) is 2. The molecule has 0 saturated heterocycles. The van der Waals surface area contributed by atoms with E-state index in [1.807, 2.05) is 6.92 Å². The molecule has 1 aromatic heterocycles. The number of rotatable bonds is 5. The highest BCUT2D eigenvalue weighted by atomic mass is 15.3. The van der Waals surface area contributed by atoms with Crippen LogP contribution in [0.15, 0.2) is 0 Å². The number of hydrogen-bond donors (Lipinski definition) is 2. The van der Waals surface area contributed by atoms with Gasteiger partial charge in [0.1, 0.15) is 0 Å². The van der Waals surface area contributed by atoms with Gasteiger partial charge < -0.3 is 11.1 Å². The maximum atomic E-state index is 5.46. The van der Waals surface area contributed by atoms with Crippen molar-refractivity contribution in [2.45, 2.75) is 40.2 Å². The SMILES string of the molecule is Cc1nn(C(C)C)c(C)c1NCCCN. The Labute approximate surface area is 91.8 Å². The lowest BCUT2D eigenvalue weighted by molar-refractivity contribution is 0.516. The van der Waals surface area contributed by atoms with Crippen molar-refractivity contribution in [1.29, 1.82) is 0 Å². The summed E-state index contributed by atoms with van der Waals surface area (Å²) in [5.74, 6) is 0. The first-order chi connectivity index (χ1) is 7.07. The fourth-order valence-corrected chi connectivity index (χ4v) is 1.74. The van der Waals surface area contributed by atoms with Gasteiger partial charge in [-0.2, -0.15) is 5.10 Å². The Bertz CT molecular complexity index is 315. The Morgan fingerprint density at radius 2 is 2.07 bits per heavy atom. The average Bonchev–Trinajstić information content (AvgIpc) is 2.45. The molecule has 0 aromatic carbocycles. The van der Waals surface area contributed by atoms with E-state index in [4.69, 9.17) is 5.73 Å². The van der Waals surface area contributed by atoms with Crippen molar-refractivity contribution < 1.29 is 0 Å². The van der Waals surface area contributed by atoms with Gasteiger partial charge in [-0.3, -0.25) is 4.68 Å². The molecule has 1 heterocycles. The molecule has 0 spiro atoms. The summed E-state index contributed by atoms with van der Waals surface area (Å²) in [6.45, 7) is 10.1. The Morgan fingerprint density at radius 1 is 1.40 bits per heavy atom. The van der Waals surface area contributed by atoms with Crippen LogP contribution in [0.5, 0.6) is 0 Å². The van der Waals surface area contributed by atoms with Crippen LogP contribution in [-0.2, 0) is 0 Å². The summed E-state index contributed by atoms with van der Waals surface area (Å²) in [7, 11) is 0. The molecule has 0 aliphatic carbocycles. The van der Waals surface area contributed by atoms with Gasteiger partial charge in [0, 0.05) is 12.6 Å². The van der Waals surface area contributed by atoms with Crippen LogP contribution in [0.2, 0.25) is 0 Å². The number of aromatic nitrogens is 2. The minimum absolute atomic E-state index is 0.411. The van der Waals surface area contributed by atoms with Crippen molar-refractivity contribution in [2.24, 2.45) is 5.73 Å². The molecule has 0 unspecified atom stereocenters. The molecule has 0 bridgehead atoms. The van der Waals surface area contributed by atoms with Crippen LogP contribution in [0.25, 0.3) is 0 Å². The van der Waals surface area contributed by atoms with E-state index >= 15 is 0 Å². The molecular formula is C11H22N4. The maximum Gasteiger partial charge on any atom is 0.0828 e. The van der Waals surface area contributed by atoms with Gasteiger partial charge in [0.05, 0.1) is 17.1 Å². The Hall–Kier alpha value is -1.03. The fraction of sp³-hybridized carbons (Fsp3) is 0.727. The minimum Gasteiger partial charge on any atom is -0.382 e. The Kier molecular flexibility index (Phi) is 4.15. The molecule has 4 heteroatoms. The summed E-state index contributed by atoms with van der Waals surface area (Å²) < 4.78 is 2.06. The largest absolute Gasteiger partial charge is 0.382 e. The highest BCUT2D eigenvalue weighted by molar-refractivity contribution is 5.52. The second kappa shape index (κ2) is 5.16. The highest BCUT2D eigenvalue weighted by Crippen LogP contribution is 2.21. The summed E-state index contributed by atoms with van der Waals surface area (Å²) in [5.41, 5.74) is 8.90. The van der Waals surface area contributed by atoms with Crippen LogP contribution in [0.3, 0.4) is 0 Å². The van der Waals surface area contributed by atoms with Gasteiger partial charge in [-0.05, 0) is 40.7 Å². The molecule has 15 heavy (non-hydrogen) atoms. The van der Waals surface area contributed by atoms with Crippen LogP contribution in [-0.4, -0.2) is 22.9 Å². The summed E-state index contributed by atoms with van der Waals surface area (Å²) in [6, 6.07) is 0.411. The summed E-state index contributed by atoms with van der Waals surface area (Å²) >= 11 is 0. The van der Waals surface area contributed by atoms with Crippen molar-refractivity contribution in [3.8, 4) is 0 Å². The van der Waals surface area contributed by atoms with Crippen molar-refractivity contribution in [1.82, 2.24) is 9.78 Å². The van der Waals surface area contributed by atoms with E-state index in [1.54, 1.807) is 0 Å². The van der Waals surface area contributed by atoms with Crippen LogP contribution < -0.4 is 11.1 Å². The summed E-state index contributed by atoms with van der Waals surface area (Å²) in [4.78, 5) is 0. The number of nitrogens with two attached hydrogens (primary N) is 1. The number of hydrogen-bond acceptors (Lipinski definition) is 3. The second-order valence-electron chi connectivity index (χ2n) is 4.15. The predicted molar refractivity (Wildman–Crippen MR) is 64.2 cm³/mol. The maximum absolute atomic E-state index is 5.46. The zero-order chi connectivity index (χ0) is 11.4. The minimum atomic E-state index is 0.411. The van der Waals surface area contributed by atoms with Gasteiger partial charge in [-0.25, -0.2) is 0 Å². The first kappa shape index (κ1) is 12.0. The van der Waals surface area contributed by atoms with Crippen molar-refractivity contribution in [3.05, 3.63) is 11.4 Å². The molecule has 0 fully saturated rings. The third-order valence-electron chi connectivity index (χ3n) is 2.50. The third kappa shape index (κ3) is 2.72. The van der Waals surface area contributed by atoms with Gasteiger partial charge in [0.2, 0.25) is 0 Å². The van der Waals surface area contributed by atoms with Crippen molar-refractivity contribution in [2.75, 3.05) is 18.4 Å². The predicted octanol–water partition coefficient (Wildman–Crippen LogP) is 1.84. The highest BCUT2D eigenvalue weighted by Gasteiger charge is 2.12. The molecule has 1 rings (SSSR count). The van der Waals surface area contributed by atoms with Crippen molar-refractivity contribution >= 4 is 5.69 Å². The topological polar surface area (TPSA) is 55.9 Å².